The quantitative estimate of drug-likeness (QED) is 0.762. The molecule has 0 aromatic heterocycles. The van der Waals surface area contributed by atoms with E-state index in [0.717, 1.165) is 4.47 Å². The van der Waals surface area contributed by atoms with E-state index in [1.54, 1.807) is 30.3 Å². The molecule has 24 heavy (non-hydrogen) atoms. The third-order valence-corrected chi connectivity index (χ3v) is 3.61. The second-order valence-electron chi connectivity index (χ2n) is 4.70. The molecular weight excluding hydrogens is 378 g/mol. The molecule has 0 spiro atoms. The van der Waals surface area contributed by atoms with Crippen molar-refractivity contribution < 1.29 is 23.8 Å². The third kappa shape index (κ3) is 4.73. The van der Waals surface area contributed by atoms with E-state index >= 15 is 0 Å². The number of anilines is 1. The lowest BCUT2D eigenvalue weighted by atomic mass is 10.2. The summed E-state index contributed by atoms with van der Waals surface area (Å²) in [6.45, 7) is -0.386. The number of methoxy groups -OCH3 is 2. The zero-order valence-corrected chi connectivity index (χ0v) is 14.8. The second kappa shape index (κ2) is 8.35. The zero-order valence-electron chi connectivity index (χ0n) is 13.2. The van der Waals surface area contributed by atoms with Crippen molar-refractivity contribution in [2.24, 2.45) is 0 Å². The van der Waals surface area contributed by atoms with Crippen LogP contribution >= 0.6 is 15.9 Å². The van der Waals surface area contributed by atoms with Crippen LogP contribution in [0, 0.1) is 0 Å². The summed E-state index contributed by atoms with van der Waals surface area (Å²) < 4.78 is 16.1. The molecule has 0 aliphatic rings. The summed E-state index contributed by atoms with van der Waals surface area (Å²) >= 11 is 3.31. The van der Waals surface area contributed by atoms with Crippen LogP contribution in [0.3, 0.4) is 0 Å². The van der Waals surface area contributed by atoms with Gasteiger partial charge >= 0.3 is 5.97 Å². The summed E-state index contributed by atoms with van der Waals surface area (Å²) in [6, 6.07) is 11.7. The van der Waals surface area contributed by atoms with Crippen molar-refractivity contribution in [1.29, 1.82) is 0 Å². The number of amides is 1. The van der Waals surface area contributed by atoms with E-state index in [1.807, 2.05) is 0 Å². The molecule has 2 aromatic rings. The molecular formula is C17H16BrNO5. The maximum Gasteiger partial charge on any atom is 0.338 e. The van der Waals surface area contributed by atoms with Gasteiger partial charge in [0.1, 0.15) is 0 Å². The highest BCUT2D eigenvalue weighted by Gasteiger charge is 2.13. The van der Waals surface area contributed by atoms with Crippen molar-refractivity contribution in [3.8, 4) is 11.5 Å². The van der Waals surface area contributed by atoms with E-state index < -0.39 is 11.9 Å². The van der Waals surface area contributed by atoms with Crippen LogP contribution in [0.2, 0.25) is 0 Å². The summed E-state index contributed by atoms with van der Waals surface area (Å²) in [7, 11) is 2.97. The fourth-order valence-corrected chi connectivity index (χ4v) is 2.17. The highest BCUT2D eigenvalue weighted by Crippen LogP contribution is 2.27. The van der Waals surface area contributed by atoms with E-state index in [0.29, 0.717) is 17.2 Å². The minimum atomic E-state index is -0.623. The van der Waals surface area contributed by atoms with E-state index in [1.165, 1.54) is 26.4 Å². The van der Waals surface area contributed by atoms with Crippen LogP contribution < -0.4 is 14.8 Å². The van der Waals surface area contributed by atoms with Gasteiger partial charge in [-0.2, -0.15) is 0 Å². The maximum atomic E-state index is 12.0. The van der Waals surface area contributed by atoms with Gasteiger partial charge < -0.3 is 19.5 Å². The Morgan fingerprint density at radius 2 is 1.67 bits per heavy atom. The van der Waals surface area contributed by atoms with E-state index in [2.05, 4.69) is 21.2 Å². The fourth-order valence-electron chi connectivity index (χ4n) is 1.91. The Morgan fingerprint density at radius 3 is 2.29 bits per heavy atom. The average molecular weight is 394 g/mol. The van der Waals surface area contributed by atoms with Crippen molar-refractivity contribution in [3.05, 3.63) is 52.5 Å². The molecule has 0 radical (unpaired) electrons. The van der Waals surface area contributed by atoms with Crippen molar-refractivity contribution in [2.75, 3.05) is 26.1 Å². The highest BCUT2D eigenvalue weighted by molar-refractivity contribution is 9.10. The Kier molecular flexibility index (Phi) is 6.20. The Hall–Kier alpha value is -2.54. The molecule has 0 atom stereocenters. The number of ether oxygens (including phenoxy) is 3. The van der Waals surface area contributed by atoms with Gasteiger partial charge in [0.25, 0.3) is 5.91 Å². The molecule has 1 amide bonds. The molecule has 7 heteroatoms. The van der Waals surface area contributed by atoms with Crippen LogP contribution in [0.4, 0.5) is 5.69 Å². The van der Waals surface area contributed by atoms with E-state index in [9.17, 15) is 9.59 Å². The van der Waals surface area contributed by atoms with Crippen molar-refractivity contribution in [1.82, 2.24) is 0 Å². The summed E-state index contributed by atoms with van der Waals surface area (Å²) in [4.78, 5) is 23.8. The smallest absolute Gasteiger partial charge is 0.338 e. The van der Waals surface area contributed by atoms with Gasteiger partial charge in [0.05, 0.1) is 19.8 Å². The average Bonchev–Trinajstić information content (AvgIpc) is 2.61. The van der Waals surface area contributed by atoms with Crippen molar-refractivity contribution in [3.63, 3.8) is 0 Å². The topological polar surface area (TPSA) is 73.9 Å². The predicted molar refractivity (Wildman–Crippen MR) is 92.6 cm³/mol. The number of esters is 1. The first-order chi connectivity index (χ1) is 11.5. The number of hydrogen-bond acceptors (Lipinski definition) is 5. The second-order valence-corrected chi connectivity index (χ2v) is 5.62. The lowest BCUT2D eigenvalue weighted by molar-refractivity contribution is -0.119. The SMILES string of the molecule is COc1ccc(C(=O)OCC(=O)Nc2ccc(Br)cc2)cc1OC. The van der Waals surface area contributed by atoms with Gasteiger partial charge in [-0.3, -0.25) is 4.79 Å². The first-order valence-electron chi connectivity index (χ1n) is 6.98. The molecule has 0 aliphatic carbocycles. The summed E-state index contributed by atoms with van der Waals surface area (Å²) in [5.74, 6) is -0.138. The Balaban J connectivity index is 1.92. The molecule has 0 saturated heterocycles. The van der Waals surface area contributed by atoms with Crippen LogP contribution in [-0.2, 0) is 9.53 Å². The fraction of sp³-hybridized carbons (Fsp3) is 0.176. The van der Waals surface area contributed by atoms with Gasteiger partial charge in [-0.25, -0.2) is 4.79 Å². The predicted octanol–water partition coefficient (Wildman–Crippen LogP) is 3.26. The van der Waals surface area contributed by atoms with E-state index in [-0.39, 0.29) is 12.2 Å². The van der Waals surface area contributed by atoms with Gasteiger partial charge in [0.15, 0.2) is 18.1 Å². The number of rotatable bonds is 6. The molecule has 0 bridgehead atoms. The molecule has 0 heterocycles. The number of carbonyl (C=O) groups is 2. The van der Waals surface area contributed by atoms with Crippen LogP contribution in [0.5, 0.6) is 11.5 Å². The first kappa shape index (κ1) is 17.8. The molecule has 6 nitrogen and oxygen atoms in total. The van der Waals surface area contributed by atoms with Gasteiger partial charge in [-0.05, 0) is 42.5 Å². The molecule has 0 saturated carbocycles. The first-order valence-corrected chi connectivity index (χ1v) is 7.77. The number of nitrogens with one attached hydrogen (secondary N) is 1. The minimum absolute atomic E-state index is 0.268. The Labute approximate surface area is 147 Å². The highest BCUT2D eigenvalue weighted by atomic mass is 79.9. The van der Waals surface area contributed by atoms with Crippen LogP contribution in [0.25, 0.3) is 0 Å². The Bertz CT molecular complexity index is 730. The monoisotopic (exact) mass is 393 g/mol. The zero-order chi connectivity index (χ0) is 17.5. The van der Waals surface area contributed by atoms with Crippen molar-refractivity contribution in [2.45, 2.75) is 0 Å². The summed E-state index contributed by atoms with van der Waals surface area (Å²) in [5, 5.41) is 2.64. The lowest BCUT2D eigenvalue weighted by Crippen LogP contribution is -2.20. The van der Waals surface area contributed by atoms with E-state index in [4.69, 9.17) is 14.2 Å². The number of carbonyl (C=O) groups excluding carboxylic acids is 2. The third-order valence-electron chi connectivity index (χ3n) is 3.08. The molecule has 0 unspecified atom stereocenters. The number of halogens is 1. The molecule has 2 aromatic carbocycles. The minimum Gasteiger partial charge on any atom is -0.493 e. The van der Waals surface area contributed by atoms with Gasteiger partial charge in [-0.1, -0.05) is 15.9 Å². The van der Waals surface area contributed by atoms with Crippen molar-refractivity contribution >= 4 is 33.5 Å². The maximum absolute atomic E-state index is 12.0. The van der Waals surface area contributed by atoms with Crippen LogP contribution in [-0.4, -0.2) is 32.7 Å². The largest absolute Gasteiger partial charge is 0.493 e. The Morgan fingerprint density at radius 1 is 1.00 bits per heavy atom. The van der Waals surface area contributed by atoms with Gasteiger partial charge in [-0.15, -0.1) is 0 Å². The molecule has 0 aliphatic heterocycles. The normalized spacial score (nSPS) is 9.96. The molecule has 0 fully saturated rings. The standard InChI is InChI=1S/C17H16BrNO5/c1-22-14-8-3-11(9-15(14)23-2)17(21)24-10-16(20)19-13-6-4-12(18)5-7-13/h3-9H,10H2,1-2H3,(H,19,20). The van der Waals surface area contributed by atoms with Crippen LogP contribution in [0.15, 0.2) is 46.9 Å². The lowest BCUT2D eigenvalue weighted by Gasteiger charge is -2.10. The molecule has 2 rings (SSSR count). The van der Waals surface area contributed by atoms with Crippen LogP contribution in [0.1, 0.15) is 10.4 Å². The molecule has 1 N–H and O–H groups in total. The molecule has 126 valence electrons. The number of hydrogen-bond donors (Lipinski definition) is 1. The summed E-state index contributed by atoms with van der Waals surface area (Å²) in [5.41, 5.74) is 0.884. The summed E-state index contributed by atoms with van der Waals surface area (Å²) in [6.07, 6.45) is 0. The van der Waals surface area contributed by atoms with Gasteiger partial charge in [0, 0.05) is 10.2 Å². The number of benzene rings is 2. The van der Waals surface area contributed by atoms with Gasteiger partial charge in [0.2, 0.25) is 0 Å².